The highest BCUT2D eigenvalue weighted by molar-refractivity contribution is 5.94. The van der Waals surface area contributed by atoms with Crippen molar-refractivity contribution >= 4 is 22.5 Å². The lowest BCUT2D eigenvalue weighted by molar-refractivity contribution is -0.138. The predicted octanol–water partition coefficient (Wildman–Crippen LogP) is 2.96. The van der Waals surface area contributed by atoms with Gasteiger partial charge in [-0.1, -0.05) is 0 Å². The second kappa shape index (κ2) is 8.19. The van der Waals surface area contributed by atoms with Crippen LogP contribution in [-0.4, -0.2) is 55.3 Å². The molecule has 3 heterocycles. The summed E-state index contributed by atoms with van der Waals surface area (Å²) in [5.74, 6) is 0.749. The number of hydrogen-bond acceptors (Lipinski definition) is 5. The summed E-state index contributed by atoms with van der Waals surface area (Å²) in [6.45, 7) is 4.48. The molecule has 2 aromatic rings. The third-order valence-electron chi connectivity index (χ3n) is 6.99. The zero-order chi connectivity index (χ0) is 22.5. The van der Waals surface area contributed by atoms with E-state index in [0.29, 0.717) is 29.5 Å². The van der Waals surface area contributed by atoms with Gasteiger partial charge >= 0.3 is 6.18 Å². The van der Waals surface area contributed by atoms with Crippen molar-refractivity contribution < 1.29 is 22.7 Å². The third-order valence-corrected chi connectivity index (χ3v) is 6.99. The maximum absolute atomic E-state index is 13.5. The summed E-state index contributed by atoms with van der Waals surface area (Å²) in [7, 11) is 0. The Bertz CT molecular complexity index is 998. The number of pyridine rings is 1. The smallest absolute Gasteiger partial charge is 0.365 e. The first-order chi connectivity index (χ1) is 15.3. The number of alkyl halides is 3. The highest BCUT2D eigenvalue weighted by Crippen LogP contribution is 2.38. The molecule has 1 saturated carbocycles. The first-order valence-corrected chi connectivity index (χ1v) is 11.2. The minimum Gasteiger partial charge on any atom is -0.365 e. The maximum atomic E-state index is 13.5. The fraction of sp³-hybridized carbons (Fsp3) is 0.565. The number of amides is 1. The van der Waals surface area contributed by atoms with Crippen LogP contribution in [0.4, 0.5) is 18.9 Å². The van der Waals surface area contributed by atoms with Gasteiger partial charge in [0.25, 0.3) is 5.91 Å². The summed E-state index contributed by atoms with van der Waals surface area (Å²) < 4.78 is 46.4. The lowest BCUT2D eigenvalue weighted by Crippen LogP contribution is -2.57. The lowest BCUT2D eigenvalue weighted by Gasteiger charge is -2.39. The molecule has 5 rings (SSSR count). The van der Waals surface area contributed by atoms with Crippen LogP contribution in [0, 0.1) is 11.8 Å². The van der Waals surface area contributed by atoms with Crippen LogP contribution in [0.25, 0.3) is 10.9 Å². The van der Waals surface area contributed by atoms with Gasteiger partial charge in [-0.2, -0.15) is 13.2 Å². The van der Waals surface area contributed by atoms with Crippen LogP contribution in [-0.2, 0) is 15.7 Å². The van der Waals surface area contributed by atoms with Gasteiger partial charge in [-0.05, 0) is 69.0 Å². The Hall–Kier alpha value is -2.39. The maximum Gasteiger partial charge on any atom is 0.418 e. The second-order valence-corrected chi connectivity index (χ2v) is 9.16. The van der Waals surface area contributed by atoms with E-state index < -0.39 is 17.8 Å². The van der Waals surface area contributed by atoms with E-state index in [9.17, 15) is 18.0 Å². The standard InChI is InChI=1S/C23H27F3N4O2/c1-13-11-30(18-7-6-17(23(24,25)26)21-16(18)3-2-8-28-21)12-19(32-13)22(31)29-20-14-4-5-15(20)10-27-9-14/h2-3,6-8,13-15,19-20,27H,4-5,9-12H2,1H3,(H,29,31)/t13-,14?,15?,19-,20?/m1/s1. The molecule has 1 amide bonds. The van der Waals surface area contributed by atoms with E-state index in [1.54, 1.807) is 12.1 Å². The van der Waals surface area contributed by atoms with Crippen molar-refractivity contribution in [2.45, 2.75) is 44.2 Å². The van der Waals surface area contributed by atoms with Crippen LogP contribution in [0.2, 0.25) is 0 Å². The first-order valence-electron chi connectivity index (χ1n) is 11.2. The second-order valence-electron chi connectivity index (χ2n) is 9.16. The van der Waals surface area contributed by atoms with E-state index in [1.807, 2.05) is 11.8 Å². The number of carbonyl (C=O) groups is 1. The number of anilines is 1. The van der Waals surface area contributed by atoms with Crippen LogP contribution < -0.4 is 15.5 Å². The summed E-state index contributed by atoms with van der Waals surface area (Å²) in [5, 5.41) is 7.06. The van der Waals surface area contributed by atoms with Crippen molar-refractivity contribution in [3.8, 4) is 0 Å². The number of fused-ring (bicyclic) bond motifs is 3. The molecule has 3 aliphatic rings. The van der Waals surface area contributed by atoms with Crippen molar-refractivity contribution in [2.75, 3.05) is 31.1 Å². The Kier molecular flexibility index (Phi) is 5.49. The average Bonchev–Trinajstić information content (AvgIpc) is 2.97. The number of benzene rings is 1. The zero-order valence-corrected chi connectivity index (χ0v) is 17.9. The fourth-order valence-electron chi connectivity index (χ4n) is 5.53. The average molecular weight is 448 g/mol. The Morgan fingerprint density at radius 2 is 1.94 bits per heavy atom. The lowest BCUT2D eigenvalue weighted by atomic mass is 9.93. The molecule has 2 N–H and O–H groups in total. The molecule has 3 fully saturated rings. The molecule has 32 heavy (non-hydrogen) atoms. The minimum absolute atomic E-state index is 0.0797. The quantitative estimate of drug-likeness (QED) is 0.756. The van der Waals surface area contributed by atoms with Crippen molar-refractivity contribution in [3.63, 3.8) is 0 Å². The summed E-state index contributed by atoms with van der Waals surface area (Å²) in [6, 6.07) is 6.00. The van der Waals surface area contributed by atoms with E-state index in [1.165, 1.54) is 12.3 Å². The summed E-state index contributed by atoms with van der Waals surface area (Å²) in [6.07, 6.45) is -1.81. The Morgan fingerprint density at radius 1 is 1.19 bits per heavy atom. The molecule has 4 atom stereocenters. The molecule has 6 nitrogen and oxygen atoms in total. The van der Waals surface area contributed by atoms with Gasteiger partial charge in [-0.3, -0.25) is 9.78 Å². The molecule has 172 valence electrons. The zero-order valence-electron chi connectivity index (χ0n) is 17.9. The number of piperidine rings is 1. The van der Waals surface area contributed by atoms with E-state index in [0.717, 1.165) is 32.0 Å². The molecular formula is C23H27F3N4O2. The van der Waals surface area contributed by atoms with Crippen LogP contribution in [0.5, 0.6) is 0 Å². The summed E-state index contributed by atoms with van der Waals surface area (Å²) >= 11 is 0. The fourth-order valence-corrected chi connectivity index (χ4v) is 5.53. The number of nitrogens with zero attached hydrogens (tertiary/aromatic N) is 2. The van der Waals surface area contributed by atoms with Crippen molar-refractivity contribution in [3.05, 3.63) is 36.0 Å². The molecule has 0 radical (unpaired) electrons. The molecule has 2 unspecified atom stereocenters. The van der Waals surface area contributed by atoms with Crippen molar-refractivity contribution in [1.29, 1.82) is 0 Å². The highest BCUT2D eigenvalue weighted by Gasteiger charge is 2.42. The molecule has 9 heteroatoms. The molecule has 2 aliphatic heterocycles. The third kappa shape index (κ3) is 3.92. The van der Waals surface area contributed by atoms with E-state index in [4.69, 9.17) is 4.74 Å². The van der Waals surface area contributed by atoms with Gasteiger partial charge in [0.2, 0.25) is 0 Å². The Balaban J connectivity index is 1.39. The number of halogens is 3. The summed E-state index contributed by atoms with van der Waals surface area (Å²) in [4.78, 5) is 19.1. The Labute approximate surface area is 184 Å². The van der Waals surface area contributed by atoms with Gasteiger partial charge in [-0.25, -0.2) is 0 Å². The molecule has 1 aromatic heterocycles. The van der Waals surface area contributed by atoms with Gasteiger partial charge in [0.05, 0.1) is 23.7 Å². The van der Waals surface area contributed by atoms with Crippen LogP contribution >= 0.6 is 0 Å². The normalized spacial score (nSPS) is 30.5. The van der Waals surface area contributed by atoms with Crippen molar-refractivity contribution in [1.82, 2.24) is 15.6 Å². The van der Waals surface area contributed by atoms with E-state index in [-0.39, 0.29) is 30.1 Å². The van der Waals surface area contributed by atoms with Gasteiger partial charge in [0.1, 0.15) is 0 Å². The largest absolute Gasteiger partial charge is 0.418 e. The number of hydrogen-bond donors (Lipinski definition) is 2. The first kappa shape index (κ1) is 21.5. The highest BCUT2D eigenvalue weighted by atomic mass is 19.4. The predicted molar refractivity (Wildman–Crippen MR) is 114 cm³/mol. The van der Waals surface area contributed by atoms with E-state index in [2.05, 4.69) is 15.6 Å². The number of rotatable bonds is 3. The van der Waals surface area contributed by atoms with Gasteiger partial charge in [0.15, 0.2) is 6.10 Å². The Morgan fingerprint density at radius 3 is 2.66 bits per heavy atom. The van der Waals surface area contributed by atoms with Crippen LogP contribution in [0.1, 0.15) is 25.3 Å². The minimum atomic E-state index is -4.49. The number of nitrogens with one attached hydrogen (secondary N) is 2. The topological polar surface area (TPSA) is 66.5 Å². The van der Waals surface area contributed by atoms with Crippen LogP contribution in [0.3, 0.4) is 0 Å². The SMILES string of the molecule is C[C@@H]1CN(c2ccc(C(F)(F)F)c3ncccc23)C[C@H](C(=O)NC2C3CCC2CNC3)O1. The molecule has 1 aliphatic carbocycles. The number of carbonyl (C=O) groups excluding carboxylic acids is 1. The van der Waals surface area contributed by atoms with Crippen molar-refractivity contribution in [2.24, 2.45) is 11.8 Å². The number of aromatic nitrogens is 1. The summed E-state index contributed by atoms with van der Waals surface area (Å²) in [5.41, 5.74) is -0.200. The monoisotopic (exact) mass is 448 g/mol. The molecule has 2 bridgehead atoms. The molecule has 0 spiro atoms. The van der Waals surface area contributed by atoms with Gasteiger partial charge in [0, 0.05) is 29.9 Å². The molecule has 2 saturated heterocycles. The number of ether oxygens (including phenoxy) is 1. The number of morpholine rings is 1. The van der Waals surface area contributed by atoms with E-state index >= 15 is 0 Å². The van der Waals surface area contributed by atoms with Gasteiger partial charge < -0.3 is 20.3 Å². The molecular weight excluding hydrogens is 421 g/mol. The molecule has 1 aromatic carbocycles. The van der Waals surface area contributed by atoms with Gasteiger partial charge in [-0.15, -0.1) is 0 Å². The van der Waals surface area contributed by atoms with Crippen LogP contribution in [0.15, 0.2) is 30.5 Å².